The molecule has 0 bridgehead atoms. The summed E-state index contributed by atoms with van der Waals surface area (Å²) < 4.78 is 14.2. The standard InChI is InChI=1S/C29H31ClFN5O2/c1-17-26(30)22(16-23(32)27(17)31)29(38)34-24-15-20(7-10-25(24)36-13-11-35(2)12-14-36)18-5-8-21(9-6-18)33-28(37)19-3-4-19/h5-10,15-16,19H,3-4,11-14,32H2,1-2H3,(H,33,37)(H,34,38). The van der Waals surface area contributed by atoms with E-state index >= 15 is 0 Å². The van der Waals surface area contributed by atoms with Gasteiger partial charge in [0.25, 0.3) is 5.91 Å². The van der Waals surface area contributed by atoms with Gasteiger partial charge < -0.3 is 26.2 Å². The molecule has 9 heteroatoms. The summed E-state index contributed by atoms with van der Waals surface area (Å²) in [5, 5.41) is 6.00. The number of likely N-dealkylation sites (N-methyl/N-ethyl adjacent to an activating group) is 1. The third-order valence-electron chi connectivity index (χ3n) is 7.22. The molecule has 2 amide bonds. The van der Waals surface area contributed by atoms with Crippen LogP contribution in [0.25, 0.3) is 11.1 Å². The third-order valence-corrected chi connectivity index (χ3v) is 7.70. The second kappa shape index (κ2) is 10.6. The van der Waals surface area contributed by atoms with E-state index in [2.05, 4.69) is 27.5 Å². The van der Waals surface area contributed by atoms with Gasteiger partial charge in [-0.2, -0.15) is 0 Å². The normalized spacial score (nSPS) is 15.8. The minimum atomic E-state index is -0.622. The number of carbonyl (C=O) groups excluding carboxylic acids is 2. The Hall–Kier alpha value is -3.62. The fourth-order valence-electron chi connectivity index (χ4n) is 4.63. The average molecular weight is 536 g/mol. The van der Waals surface area contributed by atoms with Gasteiger partial charge in [-0.1, -0.05) is 29.8 Å². The first-order valence-corrected chi connectivity index (χ1v) is 13.1. The van der Waals surface area contributed by atoms with Gasteiger partial charge in [0, 0.05) is 43.3 Å². The van der Waals surface area contributed by atoms with E-state index in [1.165, 1.54) is 13.0 Å². The highest BCUT2D eigenvalue weighted by Crippen LogP contribution is 2.35. The first kappa shape index (κ1) is 26.0. The van der Waals surface area contributed by atoms with Gasteiger partial charge in [-0.25, -0.2) is 4.39 Å². The lowest BCUT2D eigenvalue weighted by atomic mass is 10.0. The molecule has 1 aliphatic heterocycles. The van der Waals surface area contributed by atoms with E-state index in [9.17, 15) is 14.0 Å². The van der Waals surface area contributed by atoms with Crippen molar-refractivity contribution >= 4 is 46.2 Å². The van der Waals surface area contributed by atoms with E-state index in [-0.39, 0.29) is 33.7 Å². The minimum absolute atomic E-state index is 0.0373. The van der Waals surface area contributed by atoms with E-state index in [1.54, 1.807) is 0 Å². The van der Waals surface area contributed by atoms with Gasteiger partial charge in [0.15, 0.2) is 5.82 Å². The second-order valence-corrected chi connectivity index (χ2v) is 10.5. The van der Waals surface area contributed by atoms with Crippen molar-refractivity contribution in [1.29, 1.82) is 0 Å². The Labute approximate surface area is 226 Å². The molecule has 3 aromatic carbocycles. The topological polar surface area (TPSA) is 90.7 Å². The maximum Gasteiger partial charge on any atom is 0.257 e. The van der Waals surface area contributed by atoms with E-state index in [0.29, 0.717) is 5.69 Å². The van der Waals surface area contributed by atoms with Crippen LogP contribution in [0.2, 0.25) is 5.02 Å². The summed E-state index contributed by atoms with van der Waals surface area (Å²) in [5.41, 5.74) is 10.0. The van der Waals surface area contributed by atoms with Crippen LogP contribution in [0.5, 0.6) is 0 Å². The smallest absolute Gasteiger partial charge is 0.257 e. The molecule has 38 heavy (non-hydrogen) atoms. The molecule has 0 atom stereocenters. The molecule has 2 aliphatic rings. The number of nitrogens with zero attached hydrogens (tertiary/aromatic N) is 2. The molecule has 2 fully saturated rings. The van der Waals surface area contributed by atoms with E-state index in [0.717, 1.165) is 61.5 Å². The van der Waals surface area contributed by atoms with Crippen LogP contribution < -0.4 is 21.3 Å². The lowest BCUT2D eigenvalue weighted by Gasteiger charge is -2.35. The van der Waals surface area contributed by atoms with Gasteiger partial charge in [-0.15, -0.1) is 0 Å². The number of nitrogen functional groups attached to an aromatic ring is 1. The van der Waals surface area contributed by atoms with Crippen molar-refractivity contribution < 1.29 is 14.0 Å². The number of piperazine rings is 1. The van der Waals surface area contributed by atoms with Crippen LogP contribution in [0, 0.1) is 18.7 Å². The lowest BCUT2D eigenvalue weighted by molar-refractivity contribution is -0.117. The monoisotopic (exact) mass is 535 g/mol. The van der Waals surface area contributed by atoms with Gasteiger partial charge in [0.05, 0.1) is 27.6 Å². The Kier molecular flexibility index (Phi) is 7.27. The number of hydrogen-bond donors (Lipinski definition) is 3. The fraction of sp³-hybridized carbons (Fsp3) is 0.310. The molecule has 1 aliphatic carbocycles. The van der Waals surface area contributed by atoms with Crippen LogP contribution in [0.15, 0.2) is 48.5 Å². The van der Waals surface area contributed by atoms with E-state index in [4.69, 9.17) is 17.3 Å². The number of amides is 2. The summed E-state index contributed by atoms with van der Waals surface area (Å²) in [6, 6.07) is 14.9. The van der Waals surface area contributed by atoms with Crippen molar-refractivity contribution in [1.82, 2.24) is 4.90 Å². The minimum Gasteiger partial charge on any atom is -0.396 e. The molecular weight excluding hydrogens is 505 g/mol. The summed E-state index contributed by atoms with van der Waals surface area (Å²) >= 11 is 6.34. The van der Waals surface area contributed by atoms with Gasteiger partial charge >= 0.3 is 0 Å². The predicted octanol–water partition coefficient (Wildman–Crippen LogP) is 5.39. The highest BCUT2D eigenvalue weighted by atomic mass is 35.5. The van der Waals surface area contributed by atoms with E-state index in [1.807, 2.05) is 42.5 Å². The number of benzene rings is 3. The highest BCUT2D eigenvalue weighted by Gasteiger charge is 2.29. The van der Waals surface area contributed by atoms with Crippen LogP contribution in [0.1, 0.15) is 28.8 Å². The molecule has 198 valence electrons. The van der Waals surface area contributed by atoms with E-state index < -0.39 is 11.7 Å². The van der Waals surface area contributed by atoms with Crippen LogP contribution >= 0.6 is 11.6 Å². The molecule has 1 saturated carbocycles. The largest absolute Gasteiger partial charge is 0.396 e. The van der Waals surface area contributed by atoms with Crippen molar-refractivity contribution in [2.75, 3.05) is 54.5 Å². The zero-order valence-corrected chi connectivity index (χ0v) is 22.2. The zero-order chi connectivity index (χ0) is 27.0. The molecule has 3 aromatic rings. The van der Waals surface area contributed by atoms with Gasteiger partial charge in [0.2, 0.25) is 5.91 Å². The Balaban J connectivity index is 1.45. The maximum atomic E-state index is 14.2. The van der Waals surface area contributed by atoms with Crippen LogP contribution in [-0.4, -0.2) is 49.9 Å². The van der Waals surface area contributed by atoms with Crippen molar-refractivity contribution in [3.05, 3.63) is 70.5 Å². The molecule has 5 rings (SSSR count). The SMILES string of the molecule is Cc1c(F)c(N)cc(C(=O)Nc2cc(-c3ccc(NC(=O)C4CC4)cc3)ccc2N2CCN(C)CC2)c1Cl. The first-order chi connectivity index (χ1) is 18.2. The molecule has 4 N–H and O–H groups in total. The first-order valence-electron chi connectivity index (χ1n) is 12.8. The highest BCUT2D eigenvalue weighted by molar-refractivity contribution is 6.35. The Morgan fingerprint density at radius 1 is 0.974 bits per heavy atom. The summed E-state index contributed by atoms with van der Waals surface area (Å²) in [5.74, 6) is -0.884. The molecule has 0 aromatic heterocycles. The maximum absolute atomic E-state index is 14.2. The molecule has 7 nitrogen and oxygen atoms in total. The molecule has 0 unspecified atom stereocenters. The van der Waals surface area contributed by atoms with Gasteiger partial charge in [-0.3, -0.25) is 9.59 Å². The quantitative estimate of drug-likeness (QED) is 0.368. The molecule has 0 radical (unpaired) electrons. The third kappa shape index (κ3) is 5.47. The Morgan fingerprint density at radius 2 is 1.63 bits per heavy atom. The van der Waals surface area contributed by atoms with Crippen molar-refractivity contribution in [3.8, 4) is 11.1 Å². The number of halogens is 2. The van der Waals surface area contributed by atoms with Crippen LogP contribution in [0.3, 0.4) is 0 Å². The molecular formula is C29H31ClFN5O2. The predicted molar refractivity (Wildman–Crippen MR) is 151 cm³/mol. The average Bonchev–Trinajstić information content (AvgIpc) is 3.76. The number of hydrogen-bond acceptors (Lipinski definition) is 5. The number of anilines is 4. The van der Waals surface area contributed by atoms with Crippen LogP contribution in [-0.2, 0) is 4.79 Å². The fourth-order valence-corrected chi connectivity index (χ4v) is 4.85. The van der Waals surface area contributed by atoms with Crippen molar-refractivity contribution in [2.24, 2.45) is 5.92 Å². The summed E-state index contributed by atoms with van der Waals surface area (Å²) in [6.07, 6.45) is 1.90. The van der Waals surface area contributed by atoms with Crippen LogP contribution in [0.4, 0.5) is 27.1 Å². The summed E-state index contributed by atoms with van der Waals surface area (Å²) in [4.78, 5) is 29.9. The number of carbonyl (C=O) groups is 2. The number of nitrogens with one attached hydrogen (secondary N) is 2. The van der Waals surface area contributed by atoms with Gasteiger partial charge in [-0.05, 0) is 68.3 Å². The summed E-state index contributed by atoms with van der Waals surface area (Å²) in [6.45, 7) is 4.94. The summed E-state index contributed by atoms with van der Waals surface area (Å²) in [7, 11) is 2.09. The Bertz CT molecular complexity index is 1380. The van der Waals surface area contributed by atoms with Crippen molar-refractivity contribution in [2.45, 2.75) is 19.8 Å². The molecule has 1 saturated heterocycles. The number of nitrogens with two attached hydrogens (primary N) is 1. The number of rotatable bonds is 6. The van der Waals surface area contributed by atoms with Gasteiger partial charge in [0.1, 0.15) is 0 Å². The molecule has 1 heterocycles. The second-order valence-electron chi connectivity index (χ2n) is 10.1. The Morgan fingerprint density at radius 3 is 2.29 bits per heavy atom. The zero-order valence-electron chi connectivity index (χ0n) is 21.5. The lowest BCUT2D eigenvalue weighted by Crippen LogP contribution is -2.44. The molecule has 0 spiro atoms. The van der Waals surface area contributed by atoms with Crippen molar-refractivity contribution in [3.63, 3.8) is 0 Å².